The Balaban J connectivity index is 2.11. The molecule has 0 atom stereocenters. The molecule has 1 aromatic heterocycles. The van der Waals surface area contributed by atoms with Gasteiger partial charge in [0.05, 0.1) is 12.1 Å². The van der Waals surface area contributed by atoms with Crippen molar-refractivity contribution in [3.8, 4) is 0 Å². The second kappa shape index (κ2) is 9.52. The topological polar surface area (TPSA) is 72.5 Å². The van der Waals surface area contributed by atoms with Crippen LogP contribution in [0.3, 0.4) is 0 Å². The number of ether oxygens (including phenoxy) is 2. The minimum atomic E-state index is -4.49. The molecule has 0 bridgehead atoms. The molecular weight excluding hydrogens is 375 g/mol. The first kappa shape index (κ1) is 21.6. The van der Waals surface area contributed by atoms with Gasteiger partial charge in [-0.25, -0.2) is 4.79 Å². The third kappa shape index (κ3) is 5.67. The van der Waals surface area contributed by atoms with Gasteiger partial charge in [-0.3, -0.25) is 4.98 Å². The number of alkyl halides is 3. The second-order valence-electron chi connectivity index (χ2n) is 5.74. The van der Waals surface area contributed by atoms with E-state index in [1.807, 2.05) is 0 Å². The normalized spacial score (nSPS) is 11.9. The summed E-state index contributed by atoms with van der Waals surface area (Å²) in [6, 6.07) is 7.12. The maximum Gasteiger partial charge on any atom is 0.416 e. The zero-order valence-electron chi connectivity index (χ0n) is 15.5. The molecule has 9 heteroatoms. The zero-order chi connectivity index (χ0) is 20.6. The fourth-order valence-electron chi connectivity index (χ4n) is 2.63. The van der Waals surface area contributed by atoms with Crippen molar-refractivity contribution in [1.82, 2.24) is 10.3 Å². The number of nitrogens with one attached hydrogen (secondary N) is 2. The van der Waals surface area contributed by atoms with Crippen molar-refractivity contribution >= 4 is 11.7 Å². The van der Waals surface area contributed by atoms with Crippen LogP contribution in [-0.2, 0) is 21.4 Å². The lowest BCUT2D eigenvalue weighted by molar-refractivity contribution is -0.237. The number of carbonyl (C=O) groups excluding carboxylic acids is 1. The molecule has 2 N–H and O–H groups in total. The van der Waals surface area contributed by atoms with Gasteiger partial charge in [-0.05, 0) is 44.2 Å². The average molecular weight is 397 g/mol. The van der Waals surface area contributed by atoms with Gasteiger partial charge in [-0.1, -0.05) is 6.07 Å². The Bertz CT molecular complexity index is 764. The van der Waals surface area contributed by atoms with Crippen LogP contribution >= 0.6 is 0 Å². The Morgan fingerprint density at radius 3 is 2.25 bits per heavy atom. The molecule has 6 nitrogen and oxygen atoms in total. The molecule has 0 unspecified atom stereocenters. The third-order valence-corrected chi connectivity index (χ3v) is 3.80. The van der Waals surface area contributed by atoms with E-state index in [1.54, 1.807) is 38.4 Å². The van der Waals surface area contributed by atoms with Crippen molar-refractivity contribution in [2.45, 2.75) is 25.8 Å². The summed E-state index contributed by atoms with van der Waals surface area (Å²) in [7, 11) is 0. The van der Waals surface area contributed by atoms with Crippen LogP contribution in [0, 0.1) is 0 Å². The fraction of sp³-hybridized carbons (Fsp3) is 0.368. The van der Waals surface area contributed by atoms with E-state index in [-0.39, 0.29) is 12.2 Å². The first-order valence-corrected chi connectivity index (χ1v) is 8.71. The Morgan fingerprint density at radius 1 is 1.04 bits per heavy atom. The predicted octanol–water partition coefficient (Wildman–Crippen LogP) is 4.15. The number of halogens is 3. The average Bonchev–Trinajstić information content (AvgIpc) is 2.67. The van der Waals surface area contributed by atoms with Crippen molar-refractivity contribution in [2.75, 3.05) is 25.1 Å². The van der Waals surface area contributed by atoms with Crippen LogP contribution in [0.15, 0.2) is 48.8 Å². The highest BCUT2D eigenvalue weighted by molar-refractivity contribution is 5.89. The molecule has 1 heterocycles. The first-order valence-electron chi connectivity index (χ1n) is 8.71. The number of anilines is 1. The van der Waals surface area contributed by atoms with Crippen molar-refractivity contribution in [3.05, 3.63) is 59.9 Å². The molecule has 0 saturated heterocycles. The van der Waals surface area contributed by atoms with Crippen LogP contribution in [0.1, 0.15) is 25.0 Å². The number of hydrogen-bond donors (Lipinski definition) is 2. The second-order valence-corrected chi connectivity index (χ2v) is 5.74. The number of pyridine rings is 1. The van der Waals surface area contributed by atoms with Gasteiger partial charge in [0.1, 0.15) is 0 Å². The minimum Gasteiger partial charge on any atom is -0.345 e. The molecule has 2 rings (SSSR count). The van der Waals surface area contributed by atoms with Crippen LogP contribution in [0.5, 0.6) is 0 Å². The summed E-state index contributed by atoms with van der Waals surface area (Å²) >= 11 is 0. The quantitative estimate of drug-likeness (QED) is 0.657. The number of nitrogens with zero attached hydrogens (tertiary/aromatic N) is 1. The summed E-state index contributed by atoms with van der Waals surface area (Å²) in [6.45, 7) is 4.16. The molecule has 0 saturated carbocycles. The standard InChI is InChI=1S/C19H22F3N3O3/c1-3-27-18(28-4-2,14-8-10-23-11-9-14)13-24-17(26)25-16-7-5-6-15(12-16)19(20,21)22/h5-12H,3-4,13H2,1-2H3,(H2,24,25,26). The molecule has 152 valence electrons. The largest absolute Gasteiger partial charge is 0.416 e. The molecule has 0 aliphatic rings. The Morgan fingerprint density at radius 2 is 1.68 bits per heavy atom. The molecular formula is C19H22F3N3O3. The summed E-state index contributed by atoms with van der Waals surface area (Å²) in [5, 5.41) is 4.99. The van der Waals surface area contributed by atoms with E-state index in [2.05, 4.69) is 15.6 Å². The number of hydrogen-bond acceptors (Lipinski definition) is 4. The molecule has 0 fully saturated rings. The lowest BCUT2D eigenvalue weighted by Gasteiger charge is -2.33. The molecule has 28 heavy (non-hydrogen) atoms. The summed E-state index contributed by atoms with van der Waals surface area (Å²) in [5.41, 5.74) is -0.166. The van der Waals surface area contributed by atoms with E-state index in [9.17, 15) is 18.0 Å². The molecule has 1 aromatic carbocycles. The number of aromatic nitrogens is 1. The number of benzene rings is 1. The molecule has 0 spiro atoms. The molecule has 2 aromatic rings. The van der Waals surface area contributed by atoms with E-state index < -0.39 is 23.6 Å². The highest BCUT2D eigenvalue weighted by atomic mass is 19.4. The van der Waals surface area contributed by atoms with Crippen LogP contribution in [-0.4, -0.2) is 30.8 Å². The van der Waals surface area contributed by atoms with Crippen molar-refractivity contribution in [3.63, 3.8) is 0 Å². The van der Waals surface area contributed by atoms with Gasteiger partial charge in [0.25, 0.3) is 0 Å². The maximum atomic E-state index is 12.8. The van der Waals surface area contributed by atoms with Gasteiger partial charge >= 0.3 is 12.2 Å². The van der Waals surface area contributed by atoms with Gasteiger partial charge in [-0.15, -0.1) is 0 Å². The van der Waals surface area contributed by atoms with Crippen molar-refractivity contribution in [1.29, 1.82) is 0 Å². The summed E-state index contributed by atoms with van der Waals surface area (Å²) in [6.07, 6.45) is -1.34. The minimum absolute atomic E-state index is 0.0228. The fourth-order valence-corrected chi connectivity index (χ4v) is 2.63. The van der Waals surface area contributed by atoms with E-state index in [0.29, 0.717) is 18.8 Å². The van der Waals surface area contributed by atoms with Crippen LogP contribution < -0.4 is 10.6 Å². The zero-order valence-corrected chi connectivity index (χ0v) is 15.5. The molecule has 0 radical (unpaired) electrons. The van der Waals surface area contributed by atoms with Gasteiger partial charge < -0.3 is 20.1 Å². The van der Waals surface area contributed by atoms with Crippen LogP contribution in [0.4, 0.5) is 23.7 Å². The monoisotopic (exact) mass is 397 g/mol. The first-order chi connectivity index (χ1) is 13.3. The van der Waals surface area contributed by atoms with E-state index in [4.69, 9.17) is 9.47 Å². The summed E-state index contributed by atoms with van der Waals surface area (Å²) in [5.74, 6) is -1.24. The van der Waals surface area contributed by atoms with Gasteiger partial charge in [0, 0.05) is 36.9 Å². The maximum absolute atomic E-state index is 12.8. The SMILES string of the molecule is CCOC(CNC(=O)Nc1cccc(C(F)(F)F)c1)(OCC)c1ccncc1. The van der Waals surface area contributed by atoms with E-state index in [1.165, 1.54) is 12.1 Å². The summed E-state index contributed by atoms with van der Waals surface area (Å²) < 4.78 is 50.0. The highest BCUT2D eigenvalue weighted by Crippen LogP contribution is 2.31. The van der Waals surface area contributed by atoms with E-state index >= 15 is 0 Å². The lowest BCUT2D eigenvalue weighted by Crippen LogP contribution is -2.46. The van der Waals surface area contributed by atoms with Gasteiger partial charge in [0.2, 0.25) is 5.79 Å². The lowest BCUT2D eigenvalue weighted by atomic mass is 10.1. The Hall–Kier alpha value is -2.65. The number of rotatable bonds is 8. The smallest absolute Gasteiger partial charge is 0.345 e. The molecule has 0 aliphatic carbocycles. The van der Waals surface area contributed by atoms with Crippen molar-refractivity contribution < 1.29 is 27.4 Å². The molecule has 0 aliphatic heterocycles. The van der Waals surface area contributed by atoms with E-state index in [0.717, 1.165) is 12.1 Å². The van der Waals surface area contributed by atoms with Gasteiger partial charge in [-0.2, -0.15) is 13.2 Å². The number of carbonyl (C=O) groups is 1. The Labute approximate surface area is 161 Å². The third-order valence-electron chi connectivity index (χ3n) is 3.80. The van der Waals surface area contributed by atoms with Crippen LogP contribution in [0.25, 0.3) is 0 Å². The van der Waals surface area contributed by atoms with Gasteiger partial charge in [0.15, 0.2) is 0 Å². The van der Waals surface area contributed by atoms with Crippen LogP contribution in [0.2, 0.25) is 0 Å². The Kier molecular flexibility index (Phi) is 7.36. The highest BCUT2D eigenvalue weighted by Gasteiger charge is 2.34. The predicted molar refractivity (Wildman–Crippen MR) is 97.6 cm³/mol. The summed E-state index contributed by atoms with van der Waals surface area (Å²) in [4.78, 5) is 16.2. The van der Waals surface area contributed by atoms with Crippen molar-refractivity contribution in [2.24, 2.45) is 0 Å². The number of urea groups is 1. The molecule has 2 amide bonds. The number of amides is 2.